The normalized spacial score (nSPS) is 25.0. The number of carbonyl (C=O) groups excluding carboxylic acids is 1. The molecule has 2 unspecified atom stereocenters. The number of amides is 1. The molecule has 0 saturated carbocycles. The third-order valence-corrected chi connectivity index (χ3v) is 4.50. The Morgan fingerprint density at radius 1 is 1.30 bits per heavy atom. The SMILES string of the molecule is Cc1cc(Cl)cc(C(=O)N2CCC3CNCC3C2)c1.Cl. The summed E-state index contributed by atoms with van der Waals surface area (Å²) < 4.78 is 0. The average molecular weight is 315 g/mol. The second kappa shape index (κ2) is 6.33. The molecule has 2 saturated heterocycles. The van der Waals surface area contributed by atoms with Crippen LogP contribution in [-0.2, 0) is 0 Å². The minimum Gasteiger partial charge on any atom is -0.338 e. The molecule has 0 aliphatic carbocycles. The molecule has 0 bridgehead atoms. The molecule has 2 aliphatic rings. The third kappa shape index (κ3) is 3.11. The summed E-state index contributed by atoms with van der Waals surface area (Å²) in [7, 11) is 0. The van der Waals surface area contributed by atoms with Crippen molar-refractivity contribution in [3.05, 3.63) is 34.3 Å². The molecule has 2 heterocycles. The van der Waals surface area contributed by atoms with Crippen LogP contribution in [0.25, 0.3) is 0 Å². The first-order chi connectivity index (χ1) is 9.13. The molecule has 2 atom stereocenters. The van der Waals surface area contributed by atoms with Crippen LogP contribution < -0.4 is 5.32 Å². The zero-order chi connectivity index (χ0) is 13.4. The number of rotatable bonds is 1. The van der Waals surface area contributed by atoms with E-state index >= 15 is 0 Å². The number of halogens is 2. The van der Waals surface area contributed by atoms with E-state index in [-0.39, 0.29) is 18.3 Å². The molecule has 0 radical (unpaired) electrons. The number of carbonyl (C=O) groups is 1. The summed E-state index contributed by atoms with van der Waals surface area (Å²) >= 11 is 6.04. The van der Waals surface area contributed by atoms with Gasteiger partial charge in [-0.1, -0.05) is 11.6 Å². The summed E-state index contributed by atoms with van der Waals surface area (Å²) in [5, 5.41) is 4.06. The minimum atomic E-state index is 0. The summed E-state index contributed by atoms with van der Waals surface area (Å²) in [6.45, 7) is 5.87. The predicted molar refractivity (Wildman–Crippen MR) is 83.8 cm³/mol. The molecule has 2 fully saturated rings. The molecule has 1 N–H and O–H groups in total. The minimum absolute atomic E-state index is 0. The smallest absolute Gasteiger partial charge is 0.253 e. The highest BCUT2D eigenvalue weighted by atomic mass is 35.5. The number of hydrogen-bond acceptors (Lipinski definition) is 2. The Kier molecular flexibility index (Phi) is 4.95. The highest BCUT2D eigenvalue weighted by Crippen LogP contribution is 2.27. The monoisotopic (exact) mass is 314 g/mol. The lowest BCUT2D eigenvalue weighted by molar-refractivity contribution is 0.0642. The van der Waals surface area contributed by atoms with Gasteiger partial charge in [-0.3, -0.25) is 4.79 Å². The van der Waals surface area contributed by atoms with Gasteiger partial charge >= 0.3 is 0 Å². The molecular weight excluding hydrogens is 295 g/mol. The molecule has 0 aromatic heterocycles. The van der Waals surface area contributed by atoms with Crippen molar-refractivity contribution < 1.29 is 4.79 Å². The average Bonchev–Trinajstić information content (AvgIpc) is 2.83. The summed E-state index contributed by atoms with van der Waals surface area (Å²) in [6.07, 6.45) is 1.11. The van der Waals surface area contributed by atoms with Crippen molar-refractivity contribution >= 4 is 29.9 Å². The molecule has 1 amide bonds. The number of piperidine rings is 1. The highest BCUT2D eigenvalue weighted by Gasteiger charge is 2.34. The van der Waals surface area contributed by atoms with Crippen molar-refractivity contribution in [3.8, 4) is 0 Å². The first-order valence-electron chi connectivity index (χ1n) is 6.90. The Hall–Kier alpha value is -0.770. The van der Waals surface area contributed by atoms with E-state index in [1.54, 1.807) is 6.07 Å². The topological polar surface area (TPSA) is 32.3 Å². The summed E-state index contributed by atoms with van der Waals surface area (Å²) in [6, 6.07) is 5.58. The summed E-state index contributed by atoms with van der Waals surface area (Å²) in [5.41, 5.74) is 1.75. The maximum absolute atomic E-state index is 12.5. The van der Waals surface area contributed by atoms with Gasteiger partial charge in [0.25, 0.3) is 5.91 Å². The second-order valence-electron chi connectivity index (χ2n) is 5.74. The van der Waals surface area contributed by atoms with Crippen LogP contribution >= 0.6 is 24.0 Å². The van der Waals surface area contributed by atoms with E-state index in [2.05, 4.69) is 5.32 Å². The van der Waals surface area contributed by atoms with Gasteiger partial charge in [0.15, 0.2) is 0 Å². The summed E-state index contributed by atoms with van der Waals surface area (Å²) in [4.78, 5) is 14.5. The molecule has 110 valence electrons. The van der Waals surface area contributed by atoms with Crippen LogP contribution in [0.4, 0.5) is 0 Å². The zero-order valence-electron chi connectivity index (χ0n) is 11.6. The van der Waals surface area contributed by atoms with Crippen molar-refractivity contribution in [1.29, 1.82) is 0 Å². The number of nitrogens with one attached hydrogen (secondary N) is 1. The lowest BCUT2D eigenvalue weighted by Crippen LogP contribution is -2.43. The van der Waals surface area contributed by atoms with Crippen molar-refractivity contribution in [2.75, 3.05) is 26.2 Å². The number of nitrogens with zero attached hydrogens (tertiary/aromatic N) is 1. The molecule has 2 aliphatic heterocycles. The van der Waals surface area contributed by atoms with Gasteiger partial charge in [0.05, 0.1) is 0 Å². The third-order valence-electron chi connectivity index (χ3n) is 4.28. The zero-order valence-corrected chi connectivity index (χ0v) is 13.1. The van der Waals surface area contributed by atoms with Crippen LogP contribution in [-0.4, -0.2) is 37.0 Å². The lowest BCUT2D eigenvalue weighted by atomic mass is 9.88. The Balaban J connectivity index is 0.00000147. The van der Waals surface area contributed by atoms with Gasteiger partial charge in [0.1, 0.15) is 0 Å². The van der Waals surface area contributed by atoms with E-state index in [9.17, 15) is 4.79 Å². The first kappa shape index (κ1) is 15.6. The van der Waals surface area contributed by atoms with Crippen LogP contribution in [0.15, 0.2) is 18.2 Å². The summed E-state index contributed by atoms with van der Waals surface area (Å²) in [5.74, 6) is 1.50. The van der Waals surface area contributed by atoms with E-state index in [0.717, 1.165) is 49.6 Å². The second-order valence-corrected chi connectivity index (χ2v) is 6.17. The quantitative estimate of drug-likeness (QED) is 0.864. The fourth-order valence-electron chi connectivity index (χ4n) is 3.26. The molecule has 0 spiro atoms. The van der Waals surface area contributed by atoms with E-state index < -0.39 is 0 Å². The number of aryl methyl sites for hydroxylation is 1. The van der Waals surface area contributed by atoms with Gasteiger partial charge in [0, 0.05) is 23.7 Å². The van der Waals surface area contributed by atoms with Crippen molar-refractivity contribution in [1.82, 2.24) is 10.2 Å². The van der Waals surface area contributed by atoms with Gasteiger partial charge in [0.2, 0.25) is 0 Å². The van der Waals surface area contributed by atoms with Gasteiger partial charge in [-0.25, -0.2) is 0 Å². The van der Waals surface area contributed by atoms with Crippen molar-refractivity contribution in [3.63, 3.8) is 0 Å². The van der Waals surface area contributed by atoms with E-state index in [1.807, 2.05) is 24.0 Å². The van der Waals surface area contributed by atoms with E-state index in [0.29, 0.717) is 10.9 Å². The molecule has 1 aromatic rings. The number of benzene rings is 1. The molecule has 5 heteroatoms. The fraction of sp³-hybridized carbons (Fsp3) is 0.533. The van der Waals surface area contributed by atoms with Crippen LogP contribution in [0.3, 0.4) is 0 Å². The molecule has 3 rings (SSSR count). The van der Waals surface area contributed by atoms with Crippen LogP contribution in [0, 0.1) is 18.8 Å². The molecule has 3 nitrogen and oxygen atoms in total. The van der Waals surface area contributed by atoms with Gasteiger partial charge in [-0.2, -0.15) is 0 Å². The van der Waals surface area contributed by atoms with E-state index in [1.165, 1.54) is 0 Å². The molecule has 20 heavy (non-hydrogen) atoms. The van der Waals surface area contributed by atoms with Crippen LogP contribution in [0.1, 0.15) is 22.3 Å². The van der Waals surface area contributed by atoms with Gasteiger partial charge in [-0.15, -0.1) is 12.4 Å². The Bertz CT molecular complexity index is 486. The Morgan fingerprint density at radius 3 is 2.80 bits per heavy atom. The maximum Gasteiger partial charge on any atom is 0.253 e. The van der Waals surface area contributed by atoms with Gasteiger partial charge in [-0.05, 0) is 62.0 Å². The standard InChI is InChI=1S/C15H19ClN2O.ClH/c1-10-4-12(6-14(16)5-10)15(19)18-3-2-11-7-17-8-13(11)9-18;/h4-6,11,13,17H,2-3,7-9H2,1H3;1H. The van der Waals surface area contributed by atoms with E-state index in [4.69, 9.17) is 11.6 Å². The number of fused-ring (bicyclic) bond motifs is 1. The molecular formula is C15H20Cl2N2O. The number of hydrogen-bond donors (Lipinski definition) is 1. The van der Waals surface area contributed by atoms with Crippen LogP contribution in [0.2, 0.25) is 5.02 Å². The predicted octanol–water partition coefficient (Wildman–Crippen LogP) is 2.75. The maximum atomic E-state index is 12.5. The Labute approximate surface area is 131 Å². The largest absolute Gasteiger partial charge is 0.338 e. The Morgan fingerprint density at radius 2 is 2.05 bits per heavy atom. The van der Waals surface area contributed by atoms with Crippen molar-refractivity contribution in [2.24, 2.45) is 11.8 Å². The fourth-order valence-corrected chi connectivity index (χ4v) is 3.55. The van der Waals surface area contributed by atoms with Crippen LogP contribution in [0.5, 0.6) is 0 Å². The molecule has 1 aromatic carbocycles. The van der Waals surface area contributed by atoms with Gasteiger partial charge < -0.3 is 10.2 Å². The lowest BCUT2D eigenvalue weighted by Gasteiger charge is -2.34. The van der Waals surface area contributed by atoms with Crippen molar-refractivity contribution in [2.45, 2.75) is 13.3 Å². The number of likely N-dealkylation sites (tertiary alicyclic amines) is 1. The highest BCUT2D eigenvalue weighted by molar-refractivity contribution is 6.31. The first-order valence-corrected chi connectivity index (χ1v) is 7.28.